The second-order valence-electron chi connectivity index (χ2n) is 4.79. The molecule has 2 heterocycles. The first-order valence-electron chi connectivity index (χ1n) is 6.41. The molecular formula is C16H12Cl2N2O. The van der Waals surface area contributed by atoms with Crippen LogP contribution >= 0.6 is 23.2 Å². The molecule has 1 aromatic carbocycles. The molecule has 0 fully saturated rings. The predicted octanol–water partition coefficient (Wildman–Crippen LogP) is 4.33. The molecule has 0 aliphatic carbocycles. The summed E-state index contributed by atoms with van der Waals surface area (Å²) in [5.41, 5.74) is 2.67. The minimum Gasteiger partial charge on any atom is -0.382 e. The van der Waals surface area contributed by atoms with E-state index in [1.165, 1.54) is 0 Å². The lowest BCUT2D eigenvalue weighted by Crippen LogP contribution is -2.04. The van der Waals surface area contributed by atoms with Crippen LogP contribution in [0.2, 0.25) is 10.0 Å². The van der Waals surface area contributed by atoms with E-state index >= 15 is 0 Å². The molecule has 0 saturated heterocycles. The Morgan fingerprint density at radius 3 is 2.67 bits per heavy atom. The van der Waals surface area contributed by atoms with Gasteiger partial charge in [-0.15, -0.1) is 0 Å². The lowest BCUT2D eigenvalue weighted by Gasteiger charge is -2.15. The van der Waals surface area contributed by atoms with Crippen molar-refractivity contribution in [2.24, 2.45) is 0 Å². The number of aliphatic hydroxyl groups excluding tert-OH is 1. The fourth-order valence-electron chi connectivity index (χ4n) is 2.33. The second kappa shape index (κ2) is 5.60. The monoisotopic (exact) mass is 318 g/mol. The molecule has 0 radical (unpaired) electrons. The van der Waals surface area contributed by atoms with Crippen LogP contribution in [0.3, 0.4) is 0 Å². The highest BCUT2D eigenvalue weighted by Crippen LogP contribution is 2.33. The smallest absolute Gasteiger partial charge is 0.122 e. The number of pyridine rings is 2. The van der Waals surface area contributed by atoms with E-state index in [-0.39, 0.29) is 0 Å². The van der Waals surface area contributed by atoms with Crippen LogP contribution in [-0.4, -0.2) is 15.1 Å². The van der Waals surface area contributed by atoms with Crippen molar-refractivity contribution in [3.63, 3.8) is 0 Å². The van der Waals surface area contributed by atoms with E-state index in [1.807, 2.05) is 19.1 Å². The summed E-state index contributed by atoms with van der Waals surface area (Å²) in [7, 11) is 0. The molecule has 5 heteroatoms. The molecule has 1 N–H and O–H groups in total. The summed E-state index contributed by atoms with van der Waals surface area (Å²) in [6.45, 7) is 1.86. The van der Waals surface area contributed by atoms with E-state index in [9.17, 15) is 5.11 Å². The number of aryl methyl sites for hydroxylation is 1. The van der Waals surface area contributed by atoms with Crippen LogP contribution in [0.25, 0.3) is 10.9 Å². The first-order chi connectivity index (χ1) is 10.1. The minimum atomic E-state index is -0.857. The molecule has 21 heavy (non-hydrogen) atoms. The Kier molecular flexibility index (Phi) is 3.81. The van der Waals surface area contributed by atoms with Crippen molar-refractivity contribution in [2.75, 3.05) is 0 Å². The average Bonchev–Trinajstić information content (AvgIpc) is 2.47. The highest BCUT2D eigenvalue weighted by atomic mass is 35.5. The maximum atomic E-state index is 10.6. The summed E-state index contributed by atoms with van der Waals surface area (Å²) in [5.74, 6) is 0. The van der Waals surface area contributed by atoms with Crippen LogP contribution < -0.4 is 0 Å². The van der Waals surface area contributed by atoms with Gasteiger partial charge in [-0.3, -0.25) is 9.97 Å². The van der Waals surface area contributed by atoms with Gasteiger partial charge in [-0.2, -0.15) is 0 Å². The van der Waals surface area contributed by atoms with Crippen molar-refractivity contribution in [3.8, 4) is 0 Å². The predicted molar refractivity (Wildman–Crippen MR) is 84.8 cm³/mol. The van der Waals surface area contributed by atoms with E-state index in [2.05, 4.69) is 9.97 Å². The third kappa shape index (κ3) is 2.72. The Morgan fingerprint density at radius 1 is 1.14 bits per heavy atom. The van der Waals surface area contributed by atoms with Crippen LogP contribution in [0.1, 0.15) is 23.1 Å². The molecule has 0 aliphatic rings. The van der Waals surface area contributed by atoms with E-state index in [0.29, 0.717) is 26.8 Å². The van der Waals surface area contributed by atoms with Gasteiger partial charge >= 0.3 is 0 Å². The zero-order valence-corrected chi connectivity index (χ0v) is 12.7. The van der Waals surface area contributed by atoms with E-state index < -0.39 is 6.10 Å². The van der Waals surface area contributed by atoms with Crippen molar-refractivity contribution < 1.29 is 5.11 Å². The number of fused-ring (bicyclic) bond motifs is 1. The van der Waals surface area contributed by atoms with Crippen molar-refractivity contribution in [3.05, 3.63) is 69.6 Å². The number of benzene rings is 1. The highest BCUT2D eigenvalue weighted by Gasteiger charge is 2.17. The maximum Gasteiger partial charge on any atom is 0.122 e. The molecule has 0 unspecified atom stereocenters. The average molecular weight is 319 g/mol. The second-order valence-corrected chi connectivity index (χ2v) is 5.64. The molecular weight excluding hydrogens is 307 g/mol. The maximum absolute atomic E-state index is 10.6. The summed E-state index contributed by atoms with van der Waals surface area (Å²) >= 11 is 12.3. The van der Waals surface area contributed by atoms with Crippen LogP contribution in [0.4, 0.5) is 0 Å². The van der Waals surface area contributed by atoms with E-state index in [0.717, 1.165) is 11.1 Å². The van der Waals surface area contributed by atoms with Gasteiger partial charge < -0.3 is 5.11 Å². The summed E-state index contributed by atoms with van der Waals surface area (Å²) in [5, 5.41) is 12.3. The third-order valence-electron chi connectivity index (χ3n) is 3.25. The molecule has 0 saturated carbocycles. The Bertz CT molecular complexity index is 806. The van der Waals surface area contributed by atoms with Gasteiger partial charge in [0.2, 0.25) is 0 Å². The number of hydrogen-bond acceptors (Lipinski definition) is 3. The first kappa shape index (κ1) is 14.3. The lowest BCUT2D eigenvalue weighted by atomic mass is 10.0. The molecule has 3 nitrogen and oxygen atoms in total. The summed E-state index contributed by atoms with van der Waals surface area (Å²) in [4.78, 5) is 8.63. The molecule has 0 spiro atoms. The third-order valence-corrected chi connectivity index (χ3v) is 3.76. The van der Waals surface area contributed by atoms with Crippen molar-refractivity contribution >= 4 is 34.1 Å². The Hall–Kier alpha value is -1.68. The fraction of sp³-hybridized carbons (Fsp3) is 0.125. The van der Waals surface area contributed by atoms with Gasteiger partial charge in [0.05, 0.1) is 16.2 Å². The summed E-state index contributed by atoms with van der Waals surface area (Å²) in [6, 6.07) is 10.7. The quantitative estimate of drug-likeness (QED) is 0.765. The number of nitrogens with zero attached hydrogens (tertiary/aromatic N) is 2. The van der Waals surface area contributed by atoms with Gasteiger partial charge in [0.15, 0.2) is 0 Å². The molecule has 3 aromatic rings. The van der Waals surface area contributed by atoms with Crippen LogP contribution in [0.5, 0.6) is 0 Å². The molecule has 0 amide bonds. The molecule has 106 valence electrons. The van der Waals surface area contributed by atoms with Crippen LogP contribution in [-0.2, 0) is 0 Å². The van der Waals surface area contributed by atoms with Crippen molar-refractivity contribution in [1.29, 1.82) is 0 Å². The molecule has 0 aliphatic heterocycles. The Morgan fingerprint density at radius 2 is 1.95 bits per heavy atom. The molecule has 2 aromatic heterocycles. The number of halogens is 2. The molecule has 1 atom stereocenters. The van der Waals surface area contributed by atoms with Crippen molar-refractivity contribution in [2.45, 2.75) is 13.0 Å². The van der Waals surface area contributed by atoms with E-state index in [1.54, 1.807) is 30.5 Å². The fourth-order valence-corrected chi connectivity index (χ4v) is 2.87. The number of rotatable bonds is 2. The van der Waals surface area contributed by atoms with Gasteiger partial charge in [0.25, 0.3) is 0 Å². The number of hydrogen-bond donors (Lipinski definition) is 1. The van der Waals surface area contributed by atoms with Gasteiger partial charge in [-0.25, -0.2) is 0 Å². The topological polar surface area (TPSA) is 46.0 Å². The number of aliphatic hydroxyl groups is 1. The Labute approximate surface area is 132 Å². The Balaban J connectivity index is 2.27. The number of aromatic nitrogens is 2. The van der Waals surface area contributed by atoms with E-state index in [4.69, 9.17) is 23.2 Å². The van der Waals surface area contributed by atoms with Crippen LogP contribution in [0, 0.1) is 6.92 Å². The first-order valence-corrected chi connectivity index (χ1v) is 7.17. The molecule has 0 bridgehead atoms. The zero-order chi connectivity index (χ0) is 15.0. The summed E-state index contributed by atoms with van der Waals surface area (Å²) < 4.78 is 0. The van der Waals surface area contributed by atoms with Gasteiger partial charge in [-0.1, -0.05) is 29.3 Å². The SMILES string of the molecule is Cc1cc([C@@H](O)c2ccccn2)c2cc(Cl)cc(Cl)c2n1. The van der Waals surface area contributed by atoms with Gasteiger partial charge in [-0.05, 0) is 42.8 Å². The van der Waals surface area contributed by atoms with Crippen LogP contribution in [0.15, 0.2) is 42.6 Å². The van der Waals surface area contributed by atoms with Gasteiger partial charge in [0, 0.05) is 22.3 Å². The lowest BCUT2D eigenvalue weighted by molar-refractivity contribution is 0.217. The highest BCUT2D eigenvalue weighted by molar-refractivity contribution is 6.38. The minimum absolute atomic E-state index is 0.468. The normalized spacial score (nSPS) is 12.6. The van der Waals surface area contributed by atoms with Gasteiger partial charge in [0.1, 0.15) is 6.10 Å². The summed E-state index contributed by atoms with van der Waals surface area (Å²) in [6.07, 6.45) is 0.791. The van der Waals surface area contributed by atoms with Crippen molar-refractivity contribution in [1.82, 2.24) is 9.97 Å². The standard InChI is InChI=1S/C16H12Cl2N2O/c1-9-6-12(16(21)14-4-2-3-5-19-14)11-7-10(17)8-13(18)15(11)20-9/h2-8,16,21H,1H3/t16-/m1/s1. The zero-order valence-electron chi connectivity index (χ0n) is 11.2. The largest absolute Gasteiger partial charge is 0.382 e. The molecule has 3 rings (SSSR count).